The molecule has 0 aliphatic rings. The Morgan fingerprint density at radius 2 is 2.09 bits per heavy atom. The lowest BCUT2D eigenvalue weighted by Crippen LogP contribution is -2.20. The number of nitrogens with one attached hydrogen (secondary N) is 1. The Bertz CT molecular complexity index is 882. The van der Waals surface area contributed by atoms with E-state index in [2.05, 4.69) is 20.7 Å². The quantitative estimate of drug-likeness (QED) is 0.707. The van der Waals surface area contributed by atoms with Crippen molar-refractivity contribution in [2.75, 3.05) is 12.4 Å². The zero-order chi connectivity index (χ0) is 16.4. The van der Waals surface area contributed by atoms with Gasteiger partial charge in [0.05, 0.1) is 18.8 Å². The second kappa shape index (κ2) is 5.87. The number of esters is 1. The molecule has 1 amide bonds. The van der Waals surface area contributed by atoms with Crippen molar-refractivity contribution >= 4 is 28.6 Å². The van der Waals surface area contributed by atoms with E-state index in [1.165, 1.54) is 16.5 Å². The Labute approximate surface area is 130 Å². The molecule has 0 aliphatic carbocycles. The summed E-state index contributed by atoms with van der Waals surface area (Å²) in [5.74, 6) is -0.522. The van der Waals surface area contributed by atoms with Crippen LogP contribution < -0.4 is 5.32 Å². The fourth-order valence-electron chi connectivity index (χ4n) is 2.22. The zero-order valence-corrected chi connectivity index (χ0v) is 12.6. The number of ether oxygens (including phenoxy) is 1. The van der Waals surface area contributed by atoms with Gasteiger partial charge in [0.1, 0.15) is 6.54 Å². The molecule has 0 fully saturated rings. The minimum absolute atomic E-state index is 0.0614. The molecule has 3 aromatic rings. The van der Waals surface area contributed by atoms with Crippen LogP contribution in [0.25, 0.3) is 10.9 Å². The summed E-state index contributed by atoms with van der Waals surface area (Å²) in [5.41, 5.74) is 0.845. The Hall–Kier alpha value is -3.23. The van der Waals surface area contributed by atoms with Crippen LogP contribution >= 0.6 is 0 Å². The number of fused-ring (bicyclic) bond motifs is 1. The minimum atomic E-state index is -0.547. The van der Waals surface area contributed by atoms with Crippen molar-refractivity contribution in [3.05, 3.63) is 36.2 Å². The predicted octanol–water partition coefficient (Wildman–Crippen LogP) is 0.590. The molecule has 23 heavy (non-hydrogen) atoms. The van der Waals surface area contributed by atoms with Crippen molar-refractivity contribution in [2.45, 2.75) is 6.54 Å². The summed E-state index contributed by atoms with van der Waals surface area (Å²) in [6, 6.07) is 7.14. The van der Waals surface area contributed by atoms with Crippen LogP contribution in [0.15, 0.2) is 30.5 Å². The summed E-state index contributed by atoms with van der Waals surface area (Å²) in [6.45, 7) is -0.0614. The van der Waals surface area contributed by atoms with E-state index < -0.39 is 5.97 Å². The number of amides is 1. The third-order valence-corrected chi connectivity index (χ3v) is 3.20. The first-order chi connectivity index (χ1) is 11.1. The van der Waals surface area contributed by atoms with E-state index in [1.54, 1.807) is 31.4 Å². The van der Waals surface area contributed by atoms with Gasteiger partial charge in [-0.15, -0.1) is 5.10 Å². The Kier molecular flexibility index (Phi) is 3.75. The van der Waals surface area contributed by atoms with E-state index in [-0.39, 0.29) is 18.1 Å². The molecule has 0 spiro atoms. The van der Waals surface area contributed by atoms with Gasteiger partial charge in [0.25, 0.3) is 0 Å². The van der Waals surface area contributed by atoms with Crippen LogP contribution in [0.1, 0.15) is 10.5 Å². The smallest absolute Gasteiger partial charge is 0.359 e. The van der Waals surface area contributed by atoms with Crippen LogP contribution in [-0.2, 0) is 23.1 Å². The molecule has 1 N–H and O–H groups in total. The molecule has 0 radical (unpaired) electrons. The first kappa shape index (κ1) is 14.7. The molecule has 0 aliphatic heterocycles. The maximum Gasteiger partial charge on any atom is 0.359 e. The van der Waals surface area contributed by atoms with Gasteiger partial charge in [-0.25, -0.2) is 4.79 Å². The lowest BCUT2D eigenvalue weighted by Gasteiger charge is -2.03. The highest BCUT2D eigenvalue weighted by Gasteiger charge is 2.18. The summed E-state index contributed by atoms with van der Waals surface area (Å²) < 4.78 is 7.66. The fraction of sp³-hybridized carbons (Fsp3) is 0.214. The third-order valence-electron chi connectivity index (χ3n) is 3.20. The molecule has 1 aromatic carbocycles. The topological polar surface area (TPSA) is 104 Å². The standard InChI is InChI=1S/C14H14N6O3/c1-19-7-11(16-18-19)15-12(21)8-20-10-6-4-3-5-9(10)13(17-20)14(22)23-2/h3-7H,8H2,1-2H3,(H,15,21). The highest BCUT2D eigenvalue weighted by molar-refractivity contribution is 6.02. The summed E-state index contributed by atoms with van der Waals surface area (Å²) in [4.78, 5) is 23.9. The number of carbonyl (C=O) groups is 2. The van der Waals surface area contributed by atoms with Gasteiger partial charge in [-0.05, 0) is 6.07 Å². The second-order valence-corrected chi connectivity index (χ2v) is 4.84. The summed E-state index contributed by atoms with van der Waals surface area (Å²) >= 11 is 0. The normalized spacial score (nSPS) is 10.7. The van der Waals surface area contributed by atoms with Crippen molar-refractivity contribution in [1.82, 2.24) is 24.8 Å². The van der Waals surface area contributed by atoms with Gasteiger partial charge >= 0.3 is 5.97 Å². The predicted molar refractivity (Wildman–Crippen MR) is 80.7 cm³/mol. The van der Waals surface area contributed by atoms with Crippen LogP contribution in [-0.4, -0.2) is 43.8 Å². The zero-order valence-electron chi connectivity index (χ0n) is 12.6. The molecule has 0 saturated heterocycles. The average Bonchev–Trinajstić information content (AvgIpc) is 3.11. The maximum absolute atomic E-state index is 12.1. The molecular weight excluding hydrogens is 300 g/mol. The molecule has 0 bridgehead atoms. The number of anilines is 1. The van der Waals surface area contributed by atoms with Crippen LogP contribution in [0.5, 0.6) is 0 Å². The second-order valence-electron chi connectivity index (χ2n) is 4.84. The first-order valence-corrected chi connectivity index (χ1v) is 6.78. The van der Waals surface area contributed by atoms with Gasteiger partial charge in [0.2, 0.25) is 5.91 Å². The van der Waals surface area contributed by atoms with Gasteiger partial charge in [-0.2, -0.15) is 5.10 Å². The highest BCUT2D eigenvalue weighted by atomic mass is 16.5. The molecule has 118 valence electrons. The molecule has 9 heteroatoms. The van der Waals surface area contributed by atoms with Crippen LogP contribution in [0.3, 0.4) is 0 Å². The van der Waals surface area contributed by atoms with Gasteiger partial charge in [0, 0.05) is 12.4 Å². The molecule has 0 atom stereocenters. The van der Waals surface area contributed by atoms with Gasteiger partial charge < -0.3 is 10.1 Å². The van der Waals surface area contributed by atoms with Gasteiger partial charge in [-0.3, -0.25) is 14.2 Å². The average molecular weight is 314 g/mol. The Morgan fingerprint density at radius 1 is 1.30 bits per heavy atom. The van der Waals surface area contributed by atoms with E-state index in [1.807, 2.05) is 6.07 Å². The van der Waals surface area contributed by atoms with E-state index >= 15 is 0 Å². The first-order valence-electron chi connectivity index (χ1n) is 6.78. The number of nitrogens with zero attached hydrogens (tertiary/aromatic N) is 5. The summed E-state index contributed by atoms with van der Waals surface area (Å²) in [6.07, 6.45) is 1.58. The van der Waals surface area contributed by atoms with Crippen molar-refractivity contribution in [2.24, 2.45) is 7.05 Å². The fourth-order valence-corrected chi connectivity index (χ4v) is 2.22. The lowest BCUT2D eigenvalue weighted by atomic mass is 10.2. The van der Waals surface area contributed by atoms with Crippen LogP contribution in [0, 0.1) is 0 Å². The number of hydrogen-bond donors (Lipinski definition) is 1. The van der Waals surface area contributed by atoms with Crippen molar-refractivity contribution in [1.29, 1.82) is 0 Å². The molecule has 2 aromatic heterocycles. The lowest BCUT2D eigenvalue weighted by molar-refractivity contribution is -0.116. The molecule has 2 heterocycles. The molecule has 3 rings (SSSR count). The number of aryl methyl sites for hydroxylation is 1. The summed E-state index contributed by atoms with van der Waals surface area (Å²) in [7, 11) is 2.99. The minimum Gasteiger partial charge on any atom is -0.464 e. The van der Waals surface area contributed by atoms with E-state index in [0.29, 0.717) is 16.7 Å². The Balaban J connectivity index is 1.87. The van der Waals surface area contributed by atoms with Crippen molar-refractivity contribution in [3.63, 3.8) is 0 Å². The molecular formula is C14H14N6O3. The SMILES string of the molecule is COC(=O)c1nn(CC(=O)Nc2cn(C)nn2)c2ccccc12. The number of carbonyl (C=O) groups excluding carboxylic acids is 2. The number of aromatic nitrogens is 5. The third kappa shape index (κ3) is 2.89. The number of rotatable bonds is 4. The number of para-hydroxylation sites is 1. The van der Waals surface area contributed by atoms with E-state index in [4.69, 9.17) is 4.74 Å². The van der Waals surface area contributed by atoms with Crippen LogP contribution in [0.4, 0.5) is 5.82 Å². The van der Waals surface area contributed by atoms with Gasteiger partial charge in [0.15, 0.2) is 11.5 Å². The Morgan fingerprint density at radius 3 is 2.78 bits per heavy atom. The van der Waals surface area contributed by atoms with Crippen LogP contribution in [0.2, 0.25) is 0 Å². The monoisotopic (exact) mass is 314 g/mol. The van der Waals surface area contributed by atoms with E-state index in [9.17, 15) is 9.59 Å². The van der Waals surface area contributed by atoms with Crippen molar-refractivity contribution < 1.29 is 14.3 Å². The van der Waals surface area contributed by atoms with E-state index in [0.717, 1.165) is 0 Å². The number of hydrogen-bond acceptors (Lipinski definition) is 6. The number of benzene rings is 1. The number of methoxy groups -OCH3 is 1. The van der Waals surface area contributed by atoms with Crippen molar-refractivity contribution in [3.8, 4) is 0 Å². The molecule has 0 saturated carbocycles. The molecule has 0 unspecified atom stereocenters. The highest BCUT2D eigenvalue weighted by Crippen LogP contribution is 2.19. The summed E-state index contributed by atoms with van der Waals surface area (Å²) in [5, 5.41) is 15.0. The van der Waals surface area contributed by atoms with Gasteiger partial charge in [-0.1, -0.05) is 23.4 Å². The largest absolute Gasteiger partial charge is 0.464 e. The molecule has 9 nitrogen and oxygen atoms in total. The maximum atomic E-state index is 12.1.